The SMILES string of the molecule is CNC(=O)CC1CCN(Cc2cc(Cl)cc(OC)c2OC)C1. The monoisotopic (exact) mass is 326 g/mol. The average molecular weight is 327 g/mol. The maximum atomic E-state index is 11.5. The number of nitrogens with zero attached hydrogens (tertiary/aromatic N) is 1. The van der Waals surface area contributed by atoms with Gasteiger partial charge in [0.05, 0.1) is 14.2 Å². The number of hydrogen-bond acceptors (Lipinski definition) is 4. The maximum absolute atomic E-state index is 11.5. The minimum atomic E-state index is 0.105. The Hall–Kier alpha value is -1.46. The molecule has 1 atom stereocenters. The summed E-state index contributed by atoms with van der Waals surface area (Å²) in [5.41, 5.74) is 1.01. The second kappa shape index (κ2) is 7.70. The summed E-state index contributed by atoms with van der Waals surface area (Å²) < 4.78 is 10.8. The van der Waals surface area contributed by atoms with E-state index in [0.717, 1.165) is 37.4 Å². The molecule has 1 saturated heterocycles. The number of rotatable bonds is 6. The van der Waals surface area contributed by atoms with Gasteiger partial charge in [0.2, 0.25) is 5.91 Å². The Labute approximate surface area is 136 Å². The third-order valence-electron chi connectivity index (χ3n) is 4.04. The first kappa shape index (κ1) is 16.9. The van der Waals surface area contributed by atoms with Crippen molar-refractivity contribution in [2.24, 2.45) is 5.92 Å². The van der Waals surface area contributed by atoms with Crippen LogP contribution in [0.5, 0.6) is 11.5 Å². The Morgan fingerprint density at radius 2 is 2.18 bits per heavy atom. The van der Waals surface area contributed by atoms with Gasteiger partial charge in [0, 0.05) is 43.2 Å². The predicted octanol–water partition coefficient (Wildman–Crippen LogP) is 2.32. The molecule has 1 N–H and O–H groups in total. The summed E-state index contributed by atoms with van der Waals surface area (Å²) in [7, 11) is 4.92. The zero-order valence-electron chi connectivity index (χ0n) is 13.3. The lowest BCUT2D eigenvalue weighted by atomic mass is 10.0. The van der Waals surface area contributed by atoms with Gasteiger partial charge in [-0.25, -0.2) is 0 Å². The molecule has 122 valence electrons. The van der Waals surface area contributed by atoms with E-state index in [1.807, 2.05) is 6.07 Å². The summed E-state index contributed by atoms with van der Waals surface area (Å²) in [6, 6.07) is 3.66. The van der Waals surface area contributed by atoms with E-state index in [4.69, 9.17) is 21.1 Å². The highest BCUT2D eigenvalue weighted by Crippen LogP contribution is 2.36. The van der Waals surface area contributed by atoms with Crippen LogP contribution in [0.1, 0.15) is 18.4 Å². The number of amides is 1. The van der Waals surface area contributed by atoms with Gasteiger partial charge in [-0.3, -0.25) is 9.69 Å². The molecular weight excluding hydrogens is 304 g/mol. The largest absolute Gasteiger partial charge is 0.493 e. The van der Waals surface area contributed by atoms with Gasteiger partial charge >= 0.3 is 0 Å². The van der Waals surface area contributed by atoms with Crippen LogP contribution in [-0.2, 0) is 11.3 Å². The zero-order chi connectivity index (χ0) is 16.1. The van der Waals surface area contributed by atoms with Crippen molar-refractivity contribution in [3.8, 4) is 11.5 Å². The van der Waals surface area contributed by atoms with E-state index in [9.17, 15) is 4.79 Å². The third-order valence-corrected chi connectivity index (χ3v) is 4.26. The summed E-state index contributed by atoms with van der Waals surface area (Å²) >= 11 is 6.15. The number of benzene rings is 1. The van der Waals surface area contributed by atoms with E-state index in [-0.39, 0.29) is 5.91 Å². The summed E-state index contributed by atoms with van der Waals surface area (Å²) in [6.07, 6.45) is 1.62. The average Bonchev–Trinajstić information content (AvgIpc) is 2.93. The normalized spacial score (nSPS) is 18.3. The predicted molar refractivity (Wildman–Crippen MR) is 86.6 cm³/mol. The minimum Gasteiger partial charge on any atom is -0.493 e. The maximum Gasteiger partial charge on any atom is 0.220 e. The summed E-state index contributed by atoms with van der Waals surface area (Å²) in [4.78, 5) is 13.8. The molecule has 1 amide bonds. The fourth-order valence-electron chi connectivity index (χ4n) is 2.95. The van der Waals surface area contributed by atoms with Gasteiger partial charge < -0.3 is 14.8 Å². The van der Waals surface area contributed by atoms with Crippen molar-refractivity contribution in [1.82, 2.24) is 10.2 Å². The van der Waals surface area contributed by atoms with Crippen LogP contribution in [-0.4, -0.2) is 45.2 Å². The van der Waals surface area contributed by atoms with Gasteiger partial charge in [-0.05, 0) is 24.9 Å². The Balaban J connectivity index is 2.05. The molecule has 0 aromatic heterocycles. The van der Waals surface area contributed by atoms with Crippen LogP contribution < -0.4 is 14.8 Å². The van der Waals surface area contributed by atoms with E-state index >= 15 is 0 Å². The quantitative estimate of drug-likeness (QED) is 0.871. The summed E-state index contributed by atoms with van der Waals surface area (Å²) in [5.74, 6) is 1.88. The lowest BCUT2D eigenvalue weighted by Gasteiger charge is -2.19. The van der Waals surface area contributed by atoms with Gasteiger partial charge in [-0.15, -0.1) is 0 Å². The molecule has 1 aliphatic heterocycles. The Morgan fingerprint density at radius 3 is 2.82 bits per heavy atom. The smallest absolute Gasteiger partial charge is 0.220 e. The molecule has 0 spiro atoms. The van der Waals surface area contributed by atoms with Crippen LogP contribution >= 0.6 is 11.6 Å². The number of likely N-dealkylation sites (tertiary alicyclic amines) is 1. The molecule has 0 radical (unpaired) electrons. The molecule has 2 rings (SSSR count). The molecule has 6 heteroatoms. The molecular formula is C16H23ClN2O3. The van der Waals surface area contributed by atoms with Crippen LogP contribution in [0.4, 0.5) is 0 Å². The second-order valence-corrected chi connectivity index (χ2v) is 6.00. The van der Waals surface area contributed by atoms with Crippen molar-refractivity contribution >= 4 is 17.5 Å². The first-order valence-electron chi connectivity index (χ1n) is 7.40. The van der Waals surface area contributed by atoms with Crippen molar-refractivity contribution in [2.75, 3.05) is 34.4 Å². The number of halogens is 1. The number of ether oxygens (including phenoxy) is 2. The molecule has 1 fully saturated rings. The molecule has 5 nitrogen and oxygen atoms in total. The number of carbonyl (C=O) groups excluding carboxylic acids is 1. The van der Waals surface area contributed by atoms with E-state index in [1.165, 1.54) is 0 Å². The van der Waals surface area contributed by atoms with Crippen LogP contribution in [0.3, 0.4) is 0 Å². The minimum absolute atomic E-state index is 0.105. The van der Waals surface area contributed by atoms with Gasteiger partial charge in [0.15, 0.2) is 11.5 Å². The number of carbonyl (C=O) groups is 1. The van der Waals surface area contributed by atoms with Crippen molar-refractivity contribution in [1.29, 1.82) is 0 Å². The molecule has 1 aromatic rings. The number of methoxy groups -OCH3 is 2. The lowest BCUT2D eigenvalue weighted by Crippen LogP contribution is -2.24. The topological polar surface area (TPSA) is 50.8 Å². The lowest BCUT2D eigenvalue weighted by molar-refractivity contribution is -0.121. The standard InChI is InChI=1S/C16H23ClN2O3/c1-18-15(20)6-11-4-5-19(9-11)10-12-7-13(17)8-14(21-2)16(12)22-3/h7-8,11H,4-6,9-10H2,1-3H3,(H,18,20). The summed E-state index contributed by atoms with van der Waals surface area (Å²) in [5, 5.41) is 3.32. The molecule has 0 saturated carbocycles. The van der Waals surface area contributed by atoms with Gasteiger partial charge in [0.25, 0.3) is 0 Å². The van der Waals surface area contributed by atoms with Crippen molar-refractivity contribution in [3.63, 3.8) is 0 Å². The van der Waals surface area contributed by atoms with Crippen LogP contribution in [0.2, 0.25) is 5.02 Å². The molecule has 22 heavy (non-hydrogen) atoms. The van der Waals surface area contributed by atoms with Crippen molar-refractivity contribution in [3.05, 3.63) is 22.7 Å². The van der Waals surface area contributed by atoms with Gasteiger partial charge in [0.1, 0.15) is 0 Å². The number of hydrogen-bond donors (Lipinski definition) is 1. The van der Waals surface area contributed by atoms with E-state index in [0.29, 0.717) is 23.1 Å². The molecule has 1 unspecified atom stereocenters. The molecule has 1 aliphatic rings. The first-order chi connectivity index (χ1) is 10.6. The van der Waals surface area contributed by atoms with E-state index in [2.05, 4.69) is 10.2 Å². The highest BCUT2D eigenvalue weighted by molar-refractivity contribution is 6.30. The second-order valence-electron chi connectivity index (χ2n) is 5.57. The van der Waals surface area contributed by atoms with Crippen LogP contribution in [0, 0.1) is 5.92 Å². The zero-order valence-corrected chi connectivity index (χ0v) is 14.1. The summed E-state index contributed by atoms with van der Waals surface area (Å²) in [6.45, 7) is 2.62. The third kappa shape index (κ3) is 4.05. The van der Waals surface area contributed by atoms with Crippen molar-refractivity contribution < 1.29 is 14.3 Å². The first-order valence-corrected chi connectivity index (χ1v) is 7.78. The fraction of sp³-hybridized carbons (Fsp3) is 0.562. The highest BCUT2D eigenvalue weighted by atomic mass is 35.5. The molecule has 0 aliphatic carbocycles. The fourth-order valence-corrected chi connectivity index (χ4v) is 3.18. The van der Waals surface area contributed by atoms with Crippen LogP contribution in [0.25, 0.3) is 0 Å². The van der Waals surface area contributed by atoms with Crippen molar-refractivity contribution in [2.45, 2.75) is 19.4 Å². The van der Waals surface area contributed by atoms with Gasteiger partial charge in [-0.1, -0.05) is 11.6 Å². The van der Waals surface area contributed by atoms with E-state index < -0.39 is 0 Å². The Morgan fingerprint density at radius 1 is 1.41 bits per heavy atom. The number of nitrogens with one attached hydrogen (secondary N) is 1. The molecule has 0 bridgehead atoms. The highest BCUT2D eigenvalue weighted by Gasteiger charge is 2.25. The molecule has 1 heterocycles. The van der Waals surface area contributed by atoms with E-state index in [1.54, 1.807) is 27.3 Å². The Kier molecular flexibility index (Phi) is 5.91. The Bertz CT molecular complexity index is 536. The van der Waals surface area contributed by atoms with Gasteiger partial charge in [-0.2, -0.15) is 0 Å². The van der Waals surface area contributed by atoms with Crippen LogP contribution in [0.15, 0.2) is 12.1 Å². The molecule has 1 aromatic carbocycles.